The van der Waals surface area contributed by atoms with Gasteiger partial charge in [0.25, 0.3) is 5.91 Å². The summed E-state index contributed by atoms with van der Waals surface area (Å²) in [5, 5.41) is 5.80. The van der Waals surface area contributed by atoms with Crippen molar-refractivity contribution in [3.8, 4) is 0 Å². The van der Waals surface area contributed by atoms with E-state index in [9.17, 15) is 14.4 Å². The molecular formula is C20H20Cl2N2O4. The predicted molar refractivity (Wildman–Crippen MR) is 110 cm³/mol. The van der Waals surface area contributed by atoms with Crippen LogP contribution in [0.1, 0.15) is 46.0 Å². The summed E-state index contributed by atoms with van der Waals surface area (Å²) >= 11 is 12.2. The van der Waals surface area contributed by atoms with Crippen LogP contribution < -0.4 is 10.6 Å². The lowest BCUT2D eigenvalue weighted by Crippen LogP contribution is -2.19. The Bertz CT molecular complexity index is 929. The molecule has 0 aliphatic rings. The van der Waals surface area contributed by atoms with Gasteiger partial charge in [-0.2, -0.15) is 0 Å². The van der Waals surface area contributed by atoms with Gasteiger partial charge in [-0.1, -0.05) is 36.2 Å². The van der Waals surface area contributed by atoms with Crippen molar-refractivity contribution in [3.05, 3.63) is 57.1 Å². The minimum atomic E-state index is -0.527. The van der Waals surface area contributed by atoms with Crippen molar-refractivity contribution in [2.75, 3.05) is 17.7 Å². The molecule has 0 aliphatic heterocycles. The Morgan fingerprint density at radius 1 is 1.07 bits per heavy atom. The molecule has 0 heterocycles. The fraction of sp³-hybridized carbons (Fsp3) is 0.250. The number of carbonyl (C=O) groups excluding carboxylic acids is 3. The number of ether oxygens (including phenoxy) is 1. The Morgan fingerprint density at radius 2 is 1.79 bits per heavy atom. The van der Waals surface area contributed by atoms with Crippen LogP contribution in [-0.4, -0.2) is 24.9 Å². The first-order valence-corrected chi connectivity index (χ1v) is 9.31. The van der Waals surface area contributed by atoms with Crippen LogP contribution in [0.5, 0.6) is 0 Å². The summed E-state index contributed by atoms with van der Waals surface area (Å²) in [7, 11) is 1.28. The van der Waals surface area contributed by atoms with Crippen LogP contribution in [0, 0.1) is 6.92 Å². The fourth-order valence-corrected chi connectivity index (χ4v) is 3.04. The highest BCUT2D eigenvalue weighted by Crippen LogP contribution is 2.31. The maximum Gasteiger partial charge on any atom is 0.337 e. The van der Waals surface area contributed by atoms with Crippen LogP contribution in [0.4, 0.5) is 11.4 Å². The fourth-order valence-electron chi connectivity index (χ4n) is 2.50. The molecule has 0 bridgehead atoms. The second-order valence-corrected chi connectivity index (χ2v) is 6.93. The lowest BCUT2D eigenvalue weighted by atomic mass is 10.1. The van der Waals surface area contributed by atoms with Crippen molar-refractivity contribution in [2.24, 2.45) is 0 Å². The molecule has 0 radical (unpaired) electrons. The quantitative estimate of drug-likeness (QED) is 0.635. The molecule has 148 valence electrons. The van der Waals surface area contributed by atoms with E-state index in [1.54, 1.807) is 19.1 Å². The van der Waals surface area contributed by atoms with E-state index in [1.165, 1.54) is 25.3 Å². The van der Waals surface area contributed by atoms with E-state index in [-0.39, 0.29) is 27.2 Å². The molecule has 2 rings (SSSR count). The smallest absolute Gasteiger partial charge is 0.337 e. The molecule has 0 atom stereocenters. The number of carbonyl (C=O) groups is 3. The minimum Gasteiger partial charge on any atom is -0.465 e. The molecule has 0 spiro atoms. The molecule has 28 heavy (non-hydrogen) atoms. The number of amides is 2. The van der Waals surface area contributed by atoms with Gasteiger partial charge in [0.15, 0.2) is 0 Å². The Kier molecular flexibility index (Phi) is 7.43. The molecule has 2 amide bonds. The molecule has 0 saturated carbocycles. The summed E-state index contributed by atoms with van der Waals surface area (Å²) in [4.78, 5) is 36.6. The summed E-state index contributed by atoms with van der Waals surface area (Å²) in [5.41, 5.74) is 1.76. The maximum atomic E-state index is 12.9. The van der Waals surface area contributed by atoms with Gasteiger partial charge in [0.2, 0.25) is 5.91 Å². The number of benzene rings is 2. The van der Waals surface area contributed by atoms with Gasteiger partial charge >= 0.3 is 5.97 Å². The van der Waals surface area contributed by atoms with Gasteiger partial charge in [-0.25, -0.2) is 4.79 Å². The Labute approximate surface area is 173 Å². The van der Waals surface area contributed by atoms with Crippen LogP contribution in [-0.2, 0) is 9.53 Å². The number of hydrogen-bond donors (Lipinski definition) is 2. The van der Waals surface area contributed by atoms with E-state index in [0.29, 0.717) is 24.1 Å². The summed E-state index contributed by atoms with van der Waals surface area (Å²) in [5.74, 6) is -1.31. The molecule has 0 fully saturated rings. The average molecular weight is 423 g/mol. The van der Waals surface area contributed by atoms with Crippen LogP contribution in [0.25, 0.3) is 0 Å². The summed E-state index contributed by atoms with van der Waals surface area (Å²) in [6.07, 6.45) is 0.943. The molecular weight excluding hydrogens is 403 g/mol. The Morgan fingerprint density at radius 3 is 2.43 bits per heavy atom. The average Bonchev–Trinajstić information content (AvgIpc) is 2.64. The normalized spacial score (nSPS) is 10.3. The molecule has 0 aromatic heterocycles. The predicted octanol–water partition coefficient (Wildman–Crippen LogP) is 5.08. The van der Waals surface area contributed by atoms with Crippen molar-refractivity contribution in [2.45, 2.75) is 26.7 Å². The first-order chi connectivity index (χ1) is 13.3. The number of hydrogen-bond acceptors (Lipinski definition) is 4. The monoisotopic (exact) mass is 422 g/mol. The van der Waals surface area contributed by atoms with E-state index in [4.69, 9.17) is 27.9 Å². The molecule has 0 aliphatic carbocycles. The van der Waals surface area contributed by atoms with Crippen molar-refractivity contribution in [3.63, 3.8) is 0 Å². The summed E-state index contributed by atoms with van der Waals surface area (Å²) in [6.45, 7) is 3.65. The van der Waals surface area contributed by atoms with Crippen LogP contribution in [0.3, 0.4) is 0 Å². The number of rotatable bonds is 6. The zero-order valence-corrected chi connectivity index (χ0v) is 17.2. The lowest BCUT2D eigenvalue weighted by molar-refractivity contribution is -0.116. The molecule has 2 N–H and O–H groups in total. The van der Waals surface area contributed by atoms with Gasteiger partial charge in [0.1, 0.15) is 0 Å². The van der Waals surface area contributed by atoms with Crippen molar-refractivity contribution < 1.29 is 19.1 Å². The second-order valence-electron chi connectivity index (χ2n) is 6.08. The number of methoxy groups -OCH3 is 1. The molecule has 0 saturated heterocycles. The van der Waals surface area contributed by atoms with Crippen LogP contribution in [0.2, 0.25) is 10.0 Å². The zero-order chi connectivity index (χ0) is 20.8. The van der Waals surface area contributed by atoms with Gasteiger partial charge in [-0.15, -0.1) is 0 Å². The maximum absolute atomic E-state index is 12.9. The van der Waals surface area contributed by atoms with Gasteiger partial charge in [0, 0.05) is 17.1 Å². The van der Waals surface area contributed by atoms with Crippen molar-refractivity contribution in [1.29, 1.82) is 0 Å². The van der Waals surface area contributed by atoms with Gasteiger partial charge in [0.05, 0.1) is 28.9 Å². The highest BCUT2D eigenvalue weighted by atomic mass is 35.5. The minimum absolute atomic E-state index is 0.116. The third-order valence-electron chi connectivity index (χ3n) is 3.95. The van der Waals surface area contributed by atoms with Crippen LogP contribution in [0.15, 0.2) is 30.3 Å². The van der Waals surface area contributed by atoms with E-state index in [1.807, 2.05) is 6.92 Å². The molecule has 0 unspecified atom stereocenters. The number of halogens is 2. The van der Waals surface area contributed by atoms with Crippen molar-refractivity contribution in [1.82, 2.24) is 0 Å². The standard InChI is InChI=1S/C20H20Cl2N2O4/c1-4-5-17(25)24-18-14(9-13(21)10-15(18)22)19(26)23-16-8-12(20(27)28-3)7-6-11(16)2/h6-10H,4-5H2,1-3H3,(H,23,26)(H,24,25). The molecule has 6 nitrogen and oxygen atoms in total. The first kappa shape index (κ1) is 21.7. The molecule has 2 aromatic rings. The number of anilines is 2. The molecule has 2 aromatic carbocycles. The van der Waals surface area contributed by atoms with E-state index >= 15 is 0 Å². The third kappa shape index (κ3) is 5.24. The van der Waals surface area contributed by atoms with Gasteiger partial charge in [-0.3, -0.25) is 9.59 Å². The lowest BCUT2D eigenvalue weighted by Gasteiger charge is -2.15. The number of nitrogens with one attached hydrogen (secondary N) is 2. The van der Waals surface area contributed by atoms with Gasteiger partial charge in [-0.05, 0) is 43.2 Å². The van der Waals surface area contributed by atoms with Gasteiger partial charge < -0.3 is 15.4 Å². The highest BCUT2D eigenvalue weighted by molar-refractivity contribution is 6.38. The SMILES string of the molecule is CCCC(=O)Nc1c(Cl)cc(Cl)cc1C(=O)Nc1cc(C(=O)OC)ccc1C. The Balaban J connectivity index is 2.39. The second kappa shape index (κ2) is 9.57. The molecule has 8 heteroatoms. The van der Waals surface area contributed by atoms with E-state index in [2.05, 4.69) is 10.6 Å². The third-order valence-corrected chi connectivity index (χ3v) is 4.46. The first-order valence-electron chi connectivity index (χ1n) is 8.56. The topological polar surface area (TPSA) is 84.5 Å². The highest BCUT2D eigenvalue weighted by Gasteiger charge is 2.19. The number of aryl methyl sites for hydroxylation is 1. The van der Waals surface area contributed by atoms with Crippen molar-refractivity contribution >= 4 is 52.4 Å². The van der Waals surface area contributed by atoms with E-state index < -0.39 is 11.9 Å². The number of esters is 1. The van der Waals surface area contributed by atoms with Crippen LogP contribution >= 0.6 is 23.2 Å². The zero-order valence-electron chi connectivity index (χ0n) is 15.7. The Hall–Kier alpha value is -2.57. The summed E-state index contributed by atoms with van der Waals surface area (Å²) < 4.78 is 4.70. The van der Waals surface area contributed by atoms with E-state index in [0.717, 1.165) is 5.56 Å². The largest absolute Gasteiger partial charge is 0.465 e. The summed E-state index contributed by atoms with van der Waals surface area (Å²) in [6, 6.07) is 7.68.